The fraction of sp³-hybridized carbons (Fsp3) is 0.800. The van der Waals surface area contributed by atoms with E-state index in [0.29, 0.717) is 0 Å². The molecule has 16 heavy (non-hydrogen) atoms. The van der Waals surface area contributed by atoms with Gasteiger partial charge in [0.15, 0.2) is 0 Å². The van der Waals surface area contributed by atoms with Gasteiger partial charge in [0.1, 0.15) is 12.2 Å². The van der Waals surface area contributed by atoms with E-state index in [1.807, 2.05) is 0 Å². The maximum absolute atomic E-state index is 9.87. The van der Waals surface area contributed by atoms with E-state index < -0.39 is 18.2 Å². The minimum Gasteiger partial charge on any atom is -0.852 e. The third kappa shape index (κ3) is 158. The predicted octanol–water partition coefficient (Wildman–Crippen LogP) is -0.442. The van der Waals surface area contributed by atoms with Gasteiger partial charge >= 0.3 is 27.7 Å². The molecule has 0 aromatic carbocycles. The SMILES string of the molecule is CC(=O)CC(=O)O.CC(C)[O-].CC(C)[O-].[Ti+2]. The van der Waals surface area contributed by atoms with E-state index in [4.69, 9.17) is 5.11 Å². The third-order valence-corrected chi connectivity index (χ3v) is 0.400. The third-order valence-electron chi connectivity index (χ3n) is 0.400. The van der Waals surface area contributed by atoms with Gasteiger partial charge in [-0.2, -0.15) is 0 Å². The molecule has 0 saturated carbocycles. The quantitative estimate of drug-likeness (QED) is 0.540. The molecule has 0 aliphatic carbocycles. The first-order valence-corrected chi connectivity index (χ1v) is 4.62. The molecule has 6 heteroatoms. The molecule has 5 nitrogen and oxygen atoms in total. The first-order valence-electron chi connectivity index (χ1n) is 4.62. The average molecular weight is 268 g/mol. The first kappa shape index (κ1) is 24.8. The molecule has 1 N–H and O–H groups in total. The van der Waals surface area contributed by atoms with Crippen LogP contribution in [0.4, 0.5) is 0 Å². The zero-order valence-corrected chi connectivity index (χ0v) is 12.0. The molecular weight excluding hydrogens is 248 g/mol. The molecular formula is C10H20O5Ti. The van der Waals surface area contributed by atoms with Gasteiger partial charge in [0.05, 0.1) is 0 Å². The van der Waals surface area contributed by atoms with E-state index in [9.17, 15) is 19.8 Å². The van der Waals surface area contributed by atoms with Crippen LogP contribution >= 0.6 is 0 Å². The van der Waals surface area contributed by atoms with Crippen molar-refractivity contribution in [2.45, 2.75) is 53.2 Å². The molecule has 0 bridgehead atoms. The summed E-state index contributed by atoms with van der Waals surface area (Å²) in [7, 11) is 0. The number of carbonyl (C=O) groups is 2. The minimum absolute atomic E-state index is 0. The van der Waals surface area contributed by atoms with Crippen LogP contribution in [-0.2, 0) is 31.3 Å². The fourth-order valence-corrected chi connectivity index (χ4v) is 0.213. The van der Waals surface area contributed by atoms with Gasteiger partial charge in [0, 0.05) is 0 Å². The molecule has 0 aliphatic heterocycles. The predicted molar refractivity (Wildman–Crippen MR) is 53.2 cm³/mol. The zero-order valence-electron chi connectivity index (χ0n) is 10.4. The Bertz CT molecular complexity index is 145. The van der Waals surface area contributed by atoms with Crippen molar-refractivity contribution in [3.05, 3.63) is 0 Å². The van der Waals surface area contributed by atoms with Crippen LogP contribution in [0, 0.1) is 0 Å². The number of rotatable bonds is 2. The molecule has 0 amide bonds. The van der Waals surface area contributed by atoms with E-state index in [1.165, 1.54) is 6.92 Å². The molecule has 0 aromatic rings. The number of aliphatic carboxylic acids is 1. The van der Waals surface area contributed by atoms with Crippen molar-refractivity contribution in [3.63, 3.8) is 0 Å². The molecule has 0 heterocycles. The normalized spacial score (nSPS) is 8.06. The summed E-state index contributed by atoms with van der Waals surface area (Å²) in [6.07, 6.45) is -1.19. The van der Waals surface area contributed by atoms with Crippen LogP contribution < -0.4 is 10.2 Å². The molecule has 0 aliphatic rings. The summed E-state index contributed by atoms with van der Waals surface area (Å²) in [5.41, 5.74) is 0. The van der Waals surface area contributed by atoms with Crippen molar-refractivity contribution in [3.8, 4) is 0 Å². The summed E-state index contributed by atoms with van der Waals surface area (Å²) in [6, 6.07) is 0. The molecule has 0 atom stereocenters. The molecule has 0 unspecified atom stereocenters. The smallest absolute Gasteiger partial charge is 0.852 e. The monoisotopic (exact) mass is 268 g/mol. The van der Waals surface area contributed by atoms with Gasteiger partial charge in [-0.1, -0.05) is 27.7 Å². The summed E-state index contributed by atoms with van der Waals surface area (Å²) in [5, 5.41) is 26.9. The van der Waals surface area contributed by atoms with Gasteiger partial charge in [-0.15, -0.1) is 12.2 Å². The van der Waals surface area contributed by atoms with Gasteiger partial charge in [0.25, 0.3) is 0 Å². The van der Waals surface area contributed by atoms with Crippen LogP contribution in [0.15, 0.2) is 0 Å². The Hall–Kier alpha value is -0.226. The minimum atomic E-state index is -1.06. The Morgan fingerprint density at radius 1 is 1.06 bits per heavy atom. The van der Waals surface area contributed by atoms with Gasteiger partial charge in [-0.3, -0.25) is 9.59 Å². The van der Waals surface area contributed by atoms with Crippen LogP contribution in [0.2, 0.25) is 0 Å². The summed E-state index contributed by atoms with van der Waals surface area (Å²) in [5.74, 6) is -1.37. The van der Waals surface area contributed by atoms with Crippen molar-refractivity contribution in [1.29, 1.82) is 0 Å². The Balaban J connectivity index is -0.0000000700. The number of hydrogen-bond acceptors (Lipinski definition) is 4. The van der Waals surface area contributed by atoms with Crippen LogP contribution in [-0.4, -0.2) is 29.1 Å². The number of carboxylic acid groups (broad SMARTS) is 1. The van der Waals surface area contributed by atoms with Gasteiger partial charge in [-0.25, -0.2) is 0 Å². The number of hydrogen-bond donors (Lipinski definition) is 1. The molecule has 0 aromatic heterocycles. The topological polar surface area (TPSA) is 100 Å². The summed E-state index contributed by atoms with van der Waals surface area (Å²) >= 11 is 0. The van der Waals surface area contributed by atoms with Crippen molar-refractivity contribution < 1.29 is 46.6 Å². The van der Waals surface area contributed by atoms with Crippen molar-refractivity contribution in [2.75, 3.05) is 0 Å². The number of Topliss-reactive ketones (excluding diaryl/α,β-unsaturated/α-hetero) is 1. The van der Waals surface area contributed by atoms with E-state index in [-0.39, 0.29) is 33.9 Å². The summed E-state index contributed by atoms with van der Waals surface area (Å²) in [6.45, 7) is 7.69. The Labute approximate surface area is 112 Å². The van der Waals surface area contributed by atoms with Gasteiger partial charge in [-0.05, 0) is 6.92 Å². The molecule has 0 saturated heterocycles. The fourth-order valence-electron chi connectivity index (χ4n) is 0.213. The second-order valence-electron chi connectivity index (χ2n) is 3.37. The summed E-state index contributed by atoms with van der Waals surface area (Å²) < 4.78 is 0. The van der Waals surface area contributed by atoms with E-state index in [0.717, 1.165) is 0 Å². The average Bonchev–Trinajstić information content (AvgIpc) is 1.78. The number of carboxylic acids is 1. The zero-order chi connectivity index (χ0) is 13.0. The largest absolute Gasteiger partial charge is 2.00 e. The van der Waals surface area contributed by atoms with Gasteiger partial charge < -0.3 is 15.3 Å². The Morgan fingerprint density at radius 3 is 1.25 bits per heavy atom. The Kier molecular flexibility index (Phi) is 26.7. The van der Waals surface area contributed by atoms with Gasteiger partial charge in [0.2, 0.25) is 0 Å². The molecule has 0 fully saturated rings. The molecule has 0 radical (unpaired) electrons. The van der Waals surface area contributed by atoms with Crippen molar-refractivity contribution >= 4 is 11.8 Å². The Morgan fingerprint density at radius 2 is 1.25 bits per heavy atom. The first-order chi connectivity index (χ1) is 6.59. The van der Waals surface area contributed by atoms with Crippen molar-refractivity contribution in [2.24, 2.45) is 0 Å². The van der Waals surface area contributed by atoms with Crippen molar-refractivity contribution in [1.82, 2.24) is 0 Å². The maximum atomic E-state index is 9.87. The number of carbonyl (C=O) groups excluding carboxylic acids is 1. The maximum Gasteiger partial charge on any atom is 2.00 e. The van der Waals surface area contributed by atoms with E-state index >= 15 is 0 Å². The molecule has 94 valence electrons. The second kappa shape index (κ2) is 17.2. The number of ketones is 1. The molecule has 0 spiro atoms. The van der Waals surface area contributed by atoms with E-state index in [1.54, 1.807) is 27.7 Å². The molecule has 0 rings (SSSR count). The van der Waals surface area contributed by atoms with Crippen LogP contribution in [0.1, 0.15) is 41.0 Å². The van der Waals surface area contributed by atoms with Crippen LogP contribution in [0.5, 0.6) is 0 Å². The van der Waals surface area contributed by atoms with Crippen LogP contribution in [0.25, 0.3) is 0 Å². The van der Waals surface area contributed by atoms with E-state index in [2.05, 4.69) is 0 Å². The summed E-state index contributed by atoms with van der Waals surface area (Å²) in [4.78, 5) is 19.5. The van der Waals surface area contributed by atoms with Crippen LogP contribution in [0.3, 0.4) is 0 Å². The second-order valence-corrected chi connectivity index (χ2v) is 3.37. The standard InChI is InChI=1S/C4H6O3.2C3H7O.Ti/c1-3(5)2-4(6)7;2*1-3(2)4;/h2H2,1H3,(H,6,7);2*3H,1-2H3;/q;2*-1;+2.